The normalized spacial score (nSPS) is 10.7. The van der Waals surface area contributed by atoms with Crippen molar-refractivity contribution in [3.8, 4) is 0 Å². The van der Waals surface area contributed by atoms with Gasteiger partial charge in [0.2, 0.25) is 0 Å². The third kappa shape index (κ3) is 1.93. The van der Waals surface area contributed by atoms with Gasteiger partial charge in [-0.1, -0.05) is 46.9 Å². The number of hydrogen-bond acceptors (Lipinski definition) is 4. The van der Waals surface area contributed by atoms with Gasteiger partial charge in [-0.25, -0.2) is 4.98 Å². The number of benzene rings is 1. The second-order valence-electron chi connectivity index (χ2n) is 2.63. The highest BCUT2D eigenvalue weighted by Crippen LogP contribution is 2.26. The number of halogens is 1. The van der Waals surface area contributed by atoms with Crippen molar-refractivity contribution in [1.29, 1.82) is 0 Å². The van der Waals surface area contributed by atoms with E-state index in [1.807, 2.05) is 24.5 Å². The summed E-state index contributed by atoms with van der Waals surface area (Å²) in [6, 6.07) is 5.60. The van der Waals surface area contributed by atoms with Crippen LogP contribution in [0.15, 0.2) is 22.5 Å². The van der Waals surface area contributed by atoms with Crippen molar-refractivity contribution in [3.63, 3.8) is 0 Å². The van der Waals surface area contributed by atoms with Crippen LogP contribution in [-0.4, -0.2) is 11.2 Å². The van der Waals surface area contributed by atoms with E-state index < -0.39 is 0 Å². The molecular weight excluding hydrogens is 254 g/mol. The Hall–Kier alpha value is -0.160. The molecule has 0 saturated carbocycles. The van der Waals surface area contributed by atoms with E-state index in [-0.39, 0.29) is 0 Å². The van der Waals surface area contributed by atoms with Gasteiger partial charge in [-0.15, -0.1) is 0 Å². The summed E-state index contributed by atoms with van der Waals surface area (Å²) in [5, 5.41) is 1.67. The van der Waals surface area contributed by atoms with Crippen LogP contribution in [0.2, 0.25) is 5.02 Å². The van der Waals surface area contributed by atoms with Crippen molar-refractivity contribution in [3.05, 3.63) is 27.0 Å². The van der Waals surface area contributed by atoms with E-state index in [1.54, 1.807) is 11.8 Å². The van der Waals surface area contributed by atoms with Gasteiger partial charge in [0, 0.05) is 10.4 Å². The van der Waals surface area contributed by atoms with Crippen LogP contribution >= 0.6 is 46.9 Å². The first kappa shape index (κ1) is 10.4. The minimum Gasteiger partial charge on any atom is -0.230 e. The molecule has 0 amide bonds. The molecule has 2 aromatic rings. The highest BCUT2D eigenvalue weighted by molar-refractivity contribution is 8.00. The number of rotatable bonds is 1. The van der Waals surface area contributed by atoms with Crippen molar-refractivity contribution >= 4 is 57.8 Å². The van der Waals surface area contributed by atoms with E-state index in [9.17, 15) is 0 Å². The first-order valence-corrected chi connectivity index (χ1v) is 6.68. The highest BCUT2D eigenvalue weighted by Gasteiger charge is 2.01. The van der Waals surface area contributed by atoms with Gasteiger partial charge in [0.05, 0.1) is 5.52 Å². The molecule has 0 unspecified atom stereocenters. The number of thioether (sulfide) groups is 1. The molecule has 1 aromatic heterocycles. The van der Waals surface area contributed by atoms with Crippen molar-refractivity contribution in [1.82, 2.24) is 4.98 Å². The summed E-state index contributed by atoms with van der Waals surface area (Å²) in [6.07, 6.45) is 2.00. The average molecular weight is 260 g/mol. The van der Waals surface area contributed by atoms with Gasteiger partial charge in [-0.2, -0.15) is 0 Å². The smallest absolute Gasteiger partial charge is 0.151 e. The Labute approximate surface area is 100 Å². The minimum atomic E-state index is 0.703. The van der Waals surface area contributed by atoms with Gasteiger partial charge in [-0.05, 0) is 24.5 Å². The molecule has 0 aliphatic rings. The van der Waals surface area contributed by atoms with Crippen LogP contribution in [-0.2, 0) is 0 Å². The lowest BCUT2D eigenvalue weighted by Gasteiger charge is -1.99. The Morgan fingerprint density at radius 2 is 2.29 bits per heavy atom. The summed E-state index contributed by atoms with van der Waals surface area (Å²) >= 11 is 14.3. The number of nitrogens with zero attached hydrogens (tertiary/aromatic N) is 1. The van der Waals surface area contributed by atoms with E-state index in [0.717, 1.165) is 19.1 Å². The van der Waals surface area contributed by atoms with Crippen LogP contribution in [0, 0.1) is 3.82 Å². The largest absolute Gasteiger partial charge is 0.230 e. The molecule has 0 fully saturated rings. The van der Waals surface area contributed by atoms with Gasteiger partial charge in [-0.3, -0.25) is 0 Å². The molecule has 1 aromatic carbocycles. The Kier molecular flexibility index (Phi) is 3.07. The SMILES string of the molecule is CSc1nc2ccc(Cl)cc2c(=S)s1. The number of fused-ring (bicyclic) bond motifs is 1. The van der Waals surface area contributed by atoms with E-state index in [0.29, 0.717) is 5.02 Å². The molecule has 5 heteroatoms. The summed E-state index contributed by atoms with van der Waals surface area (Å²) in [4.78, 5) is 4.45. The monoisotopic (exact) mass is 259 g/mol. The van der Waals surface area contributed by atoms with Gasteiger partial charge >= 0.3 is 0 Å². The van der Waals surface area contributed by atoms with Crippen molar-refractivity contribution in [2.45, 2.75) is 4.34 Å². The lowest BCUT2D eigenvalue weighted by Crippen LogP contribution is -1.80. The fourth-order valence-electron chi connectivity index (χ4n) is 1.11. The second-order valence-corrected chi connectivity index (χ2v) is 5.79. The van der Waals surface area contributed by atoms with Gasteiger partial charge in [0.1, 0.15) is 3.82 Å². The molecule has 0 aliphatic heterocycles. The highest BCUT2D eigenvalue weighted by atomic mass is 35.5. The van der Waals surface area contributed by atoms with E-state index in [1.165, 1.54) is 11.3 Å². The Morgan fingerprint density at radius 1 is 1.50 bits per heavy atom. The van der Waals surface area contributed by atoms with Gasteiger partial charge in [0.25, 0.3) is 0 Å². The standard InChI is InChI=1S/C9H6ClNS3/c1-13-9-11-7-3-2-5(10)4-6(7)8(12)14-9/h2-4H,1H3. The molecule has 0 atom stereocenters. The Morgan fingerprint density at radius 3 is 3.00 bits per heavy atom. The van der Waals surface area contributed by atoms with Crippen LogP contribution in [0.4, 0.5) is 0 Å². The molecule has 1 nitrogen and oxygen atoms in total. The zero-order chi connectivity index (χ0) is 10.1. The van der Waals surface area contributed by atoms with E-state index >= 15 is 0 Å². The first-order valence-electron chi connectivity index (χ1n) is 3.85. The molecular formula is C9H6ClNS3. The zero-order valence-electron chi connectivity index (χ0n) is 7.28. The number of hydrogen-bond donors (Lipinski definition) is 0. The molecule has 0 saturated heterocycles. The van der Waals surface area contributed by atoms with E-state index in [4.69, 9.17) is 23.8 Å². The molecule has 0 bridgehead atoms. The summed E-state index contributed by atoms with van der Waals surface area (Å²) in [5.41, 5.74) is 0.919. The van der Waals surface area contributed by atoms with E-state index in [2.05, 4.69) is 4.98 Å². The summed E-state index contributed by atoms with van der Waals surface area (Å²) in [7, 11) is 0. The Bertz CT molecular complexity index is 535. The quantitative estimate of drug-likeness (QED) is 0.557. The predicted molar refractivity (Wildman–Crippen MR) is 67.2 cm³/mol. The maximum absolute atomic E-state index is 5.89. The lowest BCUT2D eigenvalue weighted by atomic mass is 10.3. The lowest BCUT2D eigenvalue weighted by molar-refractivity contribution is 1.29. The third-order valence-electron chi connectivity index (χ3n) is 1.74. The van der Waals surface area contributed by atoms with Crippen LogP contribution in [0.3, 0.4) is 0 Å². The average Bonchev–Trinajstić information content (AvgIpc) is 2.19. The molecule has 0 N–H and O–H groups in total. The summed E-state index contributed by atoms with van der Waals surface area (Å²) in [5.74, 6) is 0. The van der Waals surface area contributed by atoms with Crippen LogP contribution in [0.25, 0.3) is 10.9 Å². The molecule has 0 radical (unpaired) electrons. The molecule has 14 heavy (non-hydrogen) atoms. The van der Waals surface area contributed by atoms with Gasteiger partial charge in [0.15, 0.2) is 4.34 Å². The summed E-state index contributed by atoms with van der Waals surface area (Å²) < 4.78 is 1.84. The maximum Gasteiger partial charge on any atom is 0.151 e. The third-order valence-corrected chi connectivity index (χ3v) is 4.31. The van der Waals surface area contributed by atoms with Crippen molar-refractivity contribution in [2.24, 2.45) is 0 Å². The number of aromatic nitrogens is 1. The molecule has 72 valence electrons. The van der Waals surface area contributed by atoms with Crippen LogP contribution in [0.5, 0.6) is 0 Å². The van der Waals surface area contributed by atoms with Crippen LogP contribution < -0.4 is 0 Å². The van der Waals surface area contributed by atoms with Crippen molar-refractivity contribution in [2.75, 3.05) is 6.26 Å². The summed E-state index contributed by atoms with van der Waals surface area (Å²) in [6.45, 7) is 0. The van der Waals surface area contributed by atoms with Crippen LogP contribution in [0.1, 0.15) is 0 Å². The van der Waals surface area contributed by atoms with Crippen molar-refractivity contribution < 1.29 is 0 Å². The van der Waals surface area contributed by atoms with Gasteiger partial charge < -0.3 is 0 Å². The topological polar surface area (TPSA) is 12.9 Å². The predicted octanol–water partition coefficient (Wildman–Crippen LogP) is 4.40. The minimum absolute atomic E-state index is 0.703. The first-order chi connectivity index (χ1) is 6.70. The fourth-order valence-corrected chi connectivity index (χ4v) is 3.19. The molecule has 0 aliphatic carbocycles. The molecule has 0 spiro atoms. The molecule has 1 heterocycles. The molecule has 2 rings (SSSR count). The Balaban J connectivity index is 2.83. The second kappa shape index (κ2) is 4.14. The zero-order valence-corrected chi connectivity index (χ0v) is 10.5. The fraction of sp³-hybridized carbons (Fsp3) is 0.111. The maximum atomic E-state index is 5.89.